The molecule has 1 aliphatic carbocycles. The Hall–Kier alpha value is -7.42. The first-order chi connectivity index (χ1) is 31.1. The van der Waals surface area contributed by atoms with Crippen molar-refractivity contribution in [2.45, 2.75) is 46.0 Å². The summed E-state index contributed by atoms with van der Waals surface area (Å²) in [6, 6.07) is 70.5. The predicted octanol–water partition coefficient (Wildman–Crippen LogP) is 17.9. The monoisotopic (exact) mass is 808 g/mol. The SMILES string of the molecule is Cc1ccc(N(c2ccc(C)cc2)c2c3ccccc3c3c4c2cccc4c2cccc4c(N(c5ccccc5)c5ccc(C=C6CCCCC6)cc5)c5ccccc5c3c42)cc1. The van der Waals surface area contributed by atoms with Crippen LogP contribution in [0.4, 0.5) is 34.1 Å². The lowest BCUT2D eigenvalue weighted by Crippen LogP contribution is -2.12. The van der Waals surface area contributed by atoms with Crippen LogP contribution in [0.2, 0.25) is 0 Å². The number of allylic oxidation sites excluding steroid dienone is 1. The van der Waals surface area contributed by atoms with Crippen molar-refractivity contribution in [2.24, 2.45) is 0 Å². The highest BCUT2D eigenvalue weighted by molar-refractivity contribution is 6.46. The molecule has 0 atom stereocenters. The molecule has 302 valence electrons. The molecule has 12 rings (SSSR count). The number of benzene rings is 11. The first-order valence-corrected chi connectivity index (χ1v) is 22.6. The van der Waals surface area contributed by atoms with Crippen molar-refractivity contribution in [1.82, 2.24) is 0 Å². The third-order valence-electron chi connectivity index (χ3n) is 13.6. The number of aryl methyl sites for hydroxylation is 2. The molecule has 2 heteroatoms. The molecule has 0 N–H and O–H groups in total. The Morgan fingerprint density at radius 1 is 0.317 bits per heavy atom. The molecule has 1 aliphatic rings. The van der Waals surface area contributed by atoms with Crippen LogP contribution in [0.15, 0.2) is 194 Å². The van der Waals surface area contributed by atoms with Crippen LogP contribution in [-0.2, 0) is 0 Å². The van der Waals surface area contributed by atoms with Gasteiger partial charge >= 0.3 is 0 Å². The van der Waals surface area contributed by atoms with E-state index in [0.29, 0.717) is 0 Å². The van der Waals surface area contributed by atoms with Crippen LogP contribution in [0.5, 0.6) is 0 Å². The third kappa shape index (κ3) is 6.15. The summed E-state index contributed by atoms with van der Waals surface area (Å²) < 4.78 is 0. The number of anilines is 6. The maximum Gasteiger partial charge on any atom is 0.0619 e. The molecular weight excluding hydrogens is 761 g/mol. The van der Waals surface area contributed by atoms with Crippen LogP contribution in [0, 0.1) is 13.8 Å². The van der Waals surface area contributed by atoms with Gasteiger partial charge in [0.25, 0.3) is 0 Å². The molecule has 0 amide bonds. The molecule has 11 aromatic carbocycles. The lowest BCUT2D eigenvalue weighted by Gasteiger charge is -2.31. The summed E-state index contributed by atoms with van der Waals surface area (Å²) in [5, 5.41) is 15.2. The Labute approximate surface area is 369 Å². The van der Waals surface area contributed by atoms with E-state index in [1.807, 2.05) is 0 Å². The average Bonchev–Trinajstić information content (AvgIpc) is 3.33. The van der Waals surface area contributed by atoms with Crippen molar-refractivity contribution >= 4 is 105 Å². The Balaban J connectivity index is 1.19. The molecule has 11 aromatic rings. The predicted molar refractivity (Wildman–Crippen MR) is 273 cm³/mol. The minimum absolute atomic E-state index is 1.14. The van der Waals surface area contributed by atoms with Crippen LogP contribution in [0.25, 0.3) is 70.7 Å². The van der Waals surface area contributed by atoms with Gasteiger partial charge in [0.2, 0.25) is 0 Å². The molecule has 0 aromatic heterocycles. The molecule has 0 saturated heterocycles. The van der Waals surface area contributed by atoms with Gasteiger partial charge in [0, 0.05) is 55.1 Å². The molecule has 1 saturated carbocycles. The zero-order chi connectivity index (χ0) is 42.0. The van der Waals surface area contributed by atoms with Gasteiger partial charge in [0.15, 0.2) is 0 Å². The number of para-hydroxylation sites is 1. The number of nitrogens with zero attached hydrogens (tertiary/aromatic N) is 2. The van der Waals surface area contributed by atoms with Gasteiger partial charge < -0.3 is 9.80 Å². The minimum atomic E-state index is 1.14. The Morgan fingerprint density at radius 3 is 1.16 bits per heavy atom. The standard InChI is InChI=1S/C61H48N2/c1-40-27-33-45(34-28-40)63(46-35-29-41(2)30-36-46)61-53-22-12-10-20-51(53)59-57-49(24-14-26-55(57)61)48-23-13-25-54-56(48)58(59)50-19-9-11-21-52(50)60(54)62(44-17-7-4-8-18-44)47-37-31-43(32-38-47)39-42-15-5-3-6-16-42/h4,7-14,17-39H,3,5-6,15-16H2,1-2H3. The molecule has 0 radical (unpaired) electrons. The summed E-state index contributed by atoms with van der Waals surface area (Å²) in [7, 11) is 0. The fraction of sp³-hybridized carbons (Fsp3) is 0.115. The van der Waals surface area contributed by atoms with E-state index in [9.17, 15) is 0 Å². The van der Waals surface area contributed by atoms with Gasteiger partial charge in [-0.15, -0.1) is 0 Å². The van der Waals surface area contributed by atoms with E-state index in [0.717, 1.165) is 22.7 Å². The van der Waals surface area contributed by atoms with E-state index in [2.05, 4.69) is 218 Å². The van der Waals surface area contributed by atoms with Crippen LogP contribution in [0.3, 0.4) is 0 Å². The van der Waals surface area contributed by atoms with Crippen molar-refractivity contribution in [3.8, 4) is 0 Å². The molecular formula is C61H48N2. The van der Waals surface area contributed by atoms with Crippen molar-refractivity contribution in [2.75, 3.05) is 9.80 Å². The second-order valence-corrected chi connectivity index (χ2v) is 17.6. The molecule has 1 fully saturated rings. The van der Waals surface area contributed by atoms with Crippen molar-refractivity contribution in [1.29, 1.82) is 0 Å². The number of hydrogen-bond donors (Lipinski definition) is 0. The maximum atomic E-state index is 2.50. The Morgan fingerprint density at radius 2 is 0.683 bits per heavy atom. The lowest BCUT2D eigenvalue weighted by molar-refractivity contribution is 0.602. The fourth-order valence-corrected chi connectivity index (χ4v) is 10.7. The number of rotatable bonds is 7. The number of fused-ring (bicyclic) bond motifs is 6. The summed E-state index contributed by atoms with van der Waals surface area (Å²) >= 11 is 0. The number of hydrogen-bond acceptors (Lipinski definition) is 2. The van der Waals surface area contributed by atoms with Gasteiger partial charge in [-0.05, 0) is 126 Å². The normalized spacial score (nSPS) is 13.2. The molecule has 63 heavy (non-hydrogen) atoms. The molecule has 0 aliphatic heterocycles. The maximum absolute atomic E-state index is 2.50. The topological polar surface area (TPSA) is 6.48 Å². The van der Waals surface area contributed by atoms with Crippen LogP contribution in [-0.4, -0.2) is 0 Å². The van der Waals surface area contributed by atoms with Crippen LogP contribution in [0.1, 0.15) is 48.8 Å². The van der Waals surface area contributed by atoms with Gasteiger partial charge in [-0.1, -0.05) is 169 Å². The summed E-state index contributed by atoms with van der Waals surface area (Å²) in [5.74, 6) is 0. The van der Waals surface area contributed by atoms with Crippen LogP contribution >= 0.6 is 0 Å². The zero-order valence-corrected chi connectivity index (χ0v) is 35.9. The van der Waals surface area contributed by atoms with E-state index >= 15 is 0 Å². The van der Waals surface area contributed by atoms with Crippen LogP contribution < -0.4 is 9.80 Å². The Bertz CT molecular complexity index is 3470. The summed E-state index contributed by atoms with van der Waals surface area (Å²) in [6.45, 7) is 4.33. The largest absolute Gasteiger partial charge is 0.309 e. The summed E-state index contributed by atoms with van der Waals surface area (Å²) in [4.78, 5) is 4.98. The highest BCUT2D eigenvalue weighted by Crippen LogP contribution is 2.55. The third-order valence-corrected chi connectivity index (χ3v) is 13.6. The molecule has 0 heterocycles. The second-order valence-electron chi connectivity index (χ2n) is 17.6. The molecule has 0 unspecified atom stereocenters. The van der Waals surface area contributed by atoms with E-state index in [1.165, 1.54) is 125 Å². The van der Waals surface area contributed by atoms with Gasteiger partial charge in [-0.2, -0.15) is 0 Å². The van der Waals surface area contributed by atoms with E-state index in [1.54, 1.807) is 5.57 Å². The summed E-state index contributed by atoms with van der Waals surface area (Å²) in [5.41, 5.74) is 12.3. The highest BCUT2D eigenvalue weighted by atomic mass is 15.2. The average molecular weight is 809 g/mol. The quantitative estimate of drug-likeness (QED) is 0.117. The van der Waals surface area contributed by atoms with Crippen molar-refractivity contribution in [3.63, 3.8) is 0 Å². The van der Waals surface area contributed by atoms with Crippen molar-refractivity contribution < 1.29 is 0 Å². The molecule has 2 nitrogen and oxygen atoms in total. The Kier molecular flexibility index (Phi) is 9.00. The molecule has 0 spiro atoms. The summed E-state index contributed by atoms with van der Waals surface area (Å²) in [6.07, 6.45) is 8.83. The first-order valence-electron chi connectivity index (χ1n) is 22.6. The van der Waals surface area contributed by atoms with Gasteiger partial charge in [0.1, 0.15) is 0 Å². The smallest absolute Gasteiger partial charge is 0.0619 e. The van der Waals surface area contributed by atoms with Gasteiger partial charge in [-0.3, -0.25) is 0 Å². The van der Waals surface area contributed by atoms with E-state index in [4.69, 9.17) is 0 Å². The highest BCUT2D eigenvalue weighted by Gasteiger charge is 2.27. The second kappa shape index (κ2) is 15.2. The lowest BCUT2D eigenvalue weighted by atomic mass is 9.83. The minimum Gasteiger partial charge on any atom is -0.309 e. The fourth-order valence-electron chi connectivity index (χ4n) is 10.7. The first kappa shape index (κ1) is 37.4. The van der Waals surface area contributed by atoms with Gasteiger partial charge in [-0.25, -0.2) is 0 Å². The zero-order valence-electron chi connectivity index (χ0n) is 35.9. The van der Waals surface area contributed by atoms with E-state index < -0.39 is 0 Å². The molecule has 0 bridgehead atoms. The van der Waals surface area contributed by atoms with Gasteiger partial charge in [0.05, 0.1) is 11.4 Å². The van der Waals surface area contributed by atoms with E-state index in [-0.39, 0.29) is 0 Å². The van der Waals surface area contributed by atoms with Crippen molar-refractivity contribution in [3.05, 3.63) is 210 Å².